The van der Waals surface area contributed by atoms with Crippen LogP contribution in [0.4, 0.5) is 0 Å². The topological polar surface area (TPSA) is 170 Å². The van der Waals surface area contributed by atoms with Crippen LogP contribution in [0.1, 0.15) is 54.9 Å². The van der Waals surface area contributed by atoms with Crippen molar-refractivity contribution in [2.75, 3.05) is 39.6 Å². The normalized spacial score (nSPS) is 19.1. The monoisotopic (exact) mass is 809 g/mol. The van der Waals surface area contributed by atoms with Crippen molar-refractivity contribution in [1.29, 1.82) is 10.5 Å². The summed E-state index contributed by atoms with van der Waals surface area (Å²) >= 11 is 13.4. The van der Waals surface area contributed by atoms with Crippen LogP contribution in [0.25, 0.3) is 22.3 Å². The minimum atomic E-state index is -0.228. The van der Waals surface area contributed by atoms with Crippen LogP contribution in [0.15, 0.2) is 82.9 Å². The van der Waals surface area contributed by atoms with E-state index in [0.717, 1.165) is 64.6 Å². The zero-order chi connectivity index (χ0) is 40.1. The highest BCUT2D eigenvalue weighted by atomic mass is 35.5. The third-order valence-electron chi connectivity index (χ3n) is 10.1. The number of hydrogen-bond acceptors (Lipinski definition) is 10. The second-order valence-electron chi connectivity index (χ2n) is 14.0. The first-order chi connectivity index (χ1) is 27.7. The molecule has 2 fully saturated rings. The molecule has 3 aromatic rings. The Morgan fingerprint density at radius 1 is 0.912 bits per heavy atom. The molecule has 2 amide bonds. The number of allylic oxidation sites excluding steroid dienone is 2. The second-order valence-corrected chi connectivity index (χ2v) is 14.9. The Morgan fingerprint density at radius 2 is 1.61 bits per heavy atom. The van der Waals surface area contributed by atoms with Gasteiger partial charge in [0.2, 0.25) is 17.7 Å². The maximum absolute atomic E-state index is 11.6. The predicted molar refractivity (Wildman–Crippen MR) is 219 cm³/mol. The van der Waals surface area contributed by atoms with Crippen molar-refractivity contribution in [3.8, 4) is 40.1 Å². The fourth-order valence-corrected chi connectivity index (χ4v) is 7.91. The van der Waals surface area contributed by atoms with Crippen molar-refractivity contribution in [1.82, 2.24) is 21.3 Å². The van der Waals surface area contributed by atoms with Gasteiger partial charge in [0.1, 0.15) is 24.6 Å². The average Bonchev–Trinajstić information content (AvgIpc) is 3.94. The van der Waals surface area contributed by atoms with Gasteiger partial charge in [0.05, 0.1) is 11.1 Å². The number of aliphatic imine (C=N–C) groups is 1. The van der Waals surface area contributed by atoms with Crippen molar-refractivity contribution in [2.45, 2.75) is 63.3 Å². The second kappa shape index (κ2) is 20.3. The van der Waals surface area contributed by atoms with E-state index in [0.29, 0.717) is 55.4 Å². The summed E-state index contributed by atoms with van der Waals surface area (Å²) in [7, 11) is 0. The van der Waals surface area contributed by atoms with Gasteiger partial charge in [-0.3, -0.25) is 9.59 Å². The Balaban J connectivity index is 1.16. The molecule has 0 spiro atoms. The van der Waals surface area contributed by atoms with E-state index in [1.165, 1.54) is 0 Å². The molecule has 0 aromatic heterocycles. The van der Waals surface area contributed by atoms with E-state index in [4.69, 9.17) is 37.4 Å². The highest BCUT2D eigenvalue weighted by Gasteiger charge is 2.27. The number of rotatable bonds is 18. The standard InChI is InChI=1S/C43H45Cl2N7O5/c1-27(44)20-30(23-49-25-32-11-15-41(54)52-32)43(56-19-17-47)50-26-57-38-13-12-35-34(5-3-6-36(35)38)37-7-2-4-33(42(37)45)28-8-9-29(39(21-28)55-18-16-46)22-48-24-31-10-14-40(53)51-31/h2-9,20-21,31-32,38,48-49H,1,10-15,18-19,22-26H2,(H,51,53)(H,52,54)/b30-20-,50-43+/t31-,32-,38-/m0/s1. The smallest absolute Gasteiger partial charge is 0.220 e. The Morgan fingerprint density at radius 3 is 2.32 bits per heavy atom. The summed E-state index contributed by atoms with van der Waals surface area (Å²) in [4.78, 5) is 27.8. The Hall–Kier alpha value is -5.21. The molecule has 3 atom stereocenters. The molecule has 4 N–H and O–H groups in total. The van der Waals surface area contributed by atoms with Crippen molar-refractivity contribution >= 4 is 40.9 Å². The van der Waals surface area contributed by atoms with E-state index in [1.807, 2.05) is 48.5 Å². The Bertz CT molecular complexity index is 2120. The summed E-state index contributed by atoms with van der Waals surface area (Å²) in [6.45, 7) is 5.50. The van der Waals surface area contributed by atoms with Crippen molar-refractivity contribution in [3.63, 3.8) is 0 Å². The number of carbonyl (C=O) groups excluding carboxylic acids is 2. The van der Waals surface area contributed by atoms with Crippen molar-refractivity contribution in [3.05, 3.63) is 99.6 Å². The first kappa shape index (κ1) is 41.4. The molecular formula is C43H45Cl2N7O5. The number of fused-ring (bicyclic) bond motifs is 1. The van der Waals surface area contributed by atoms with E-state index >= 15 is 0 Å². The minimum Gasteiger partial charge on any atom is -0.478 e. The SMILES string of the molecule is C=C(Cl)/C=C(CNC[C@@H]1CCC(=O)N1)\C(=N/CO[C@H]1CCc2c(-c3cccc(-c4ccc(CNC[C@@H]5CCC(=O)N5)c(OCC#N)c4)c3Cl)cccc21)OCC#N. The Kier molecular flexibility index (Phi) is 14.7. The molecule has 6 rings (SSSR count). The number of benzene rings is 3. The minimum absolute atomic E-state index is 0.0189. The highest BCUT2D eigenvalue weighted by Crippen LogP contribution is 2.44. The van der Waals surface area contributed by atoms with Crippen LogP contribution in [-0.4, -0.2) is 69.4 Å². The predicted octanol–water partition coefficient (Wildman–Crippen LogP) is 6.39. The average molecular weight is 811 g/mol. The van der Waals surface area contributed by atoms with Gasteiger partial charge in [-0.25, -0.2) is 4.99 Å². The van der Waals surface area contributed by atoms with Crippen LogP contribution < -0.4 is 26.0 Å². The van der Waals surface area contributed by atoms with Gasteiger partial charge in [0.25, 0.3) is 0 Å². The van der Waals surface area contributed by atoms with Gasteiger partial charge in [0, 0.05) is 78.4 Å². The zero-order valence-corrected chi connectivity index (χ0v) is 33.1. The lowest BCUT2D eigenvalue weighted by Crippen LogP contribution is -2.37. The lowest BCUT2D eigenvalue weighted by Gasteiger charge is -2.17. The summed E-state index contributed by atoms with van der Waals surface area (Å²) < 4.78 is 17.9. The number of amides is 2. The molecule has 3 aromatic carbocycles. The van der Waals surface area contributed by atoms with Crippen molar-refractivity contribution < 1.29 is 23.8 Å². The molecule has 0 saturated carbocycles. The zero-order valence-electron chi connectivity index (χ0n) is 31.5. The molecule has 2 saturated heterocycles. The quantitative estimate of drug-likeness (QED) is 0.0646. The van der Waals surface area contributed by atoms with Gasteiger partial charge in [-0.05, 0) is 60.1 Å². The first-order valence-corrected chi connectivity index (χ1v) is 19.7. The van der Waals surface area contributed by atoms with Gasteiger partial charge in [-0.2, -0.15) is 10.5 Å². The van der Waals surface area contributed by atoms with Crippen LogP contribution in [-0.2, 0) is 32.0 Å². The van der Waals surface area contributed by atoms with Gasteiger partial charge < -0.3 is 35.5 Å². The molecule has 3 aliphatic rings. The van der Waals surface area contributed by atoms with E-state index in [9.17, 15) is 20.1 Å². The summed E-state index contributed by atoms with van der Waals surface area (Å²) in [6, 6.07) is 22.2. The molecule has 2 heterocycles. The molecule has 1 aliphatic carbocycles. The molecular weight excluding hydrogens is 765 g/mol. The number of hydrogen-bond donors (Lipinski definition) is 4. The van der Waals surface area contributed by atoms with Gasteiger partial charge in [-0.15, -0.1) is 0 Å². The summed E-state index contributed by atoms with van der Waals surface area (Å²) in [5.41, 5.74) is 7.29. The summed E-state index contributed by atoms with van der Waals surface area (Å²) in [6.07, 6.45) is 5.54. The van der Waals surface area contributed by atoms with Crippen LogP contribution in [0.5, 0.6) is 5.75 Å². The van der Waals surface area contributed by atoms with Crippen LogP contribution in [0.3, 0.4) is 0 Å². The highest BCUT2D eigenvalue weighted by molar-refractivity contribution is 6.36. The summed E-state index contributed by atoms with van der Waals surface area (Å²) in [5.74, 6) is 0.931. The molecule has 296 valence electrons. The van der Waals surface area contributed by atoms with Gasteiger partial charge in [-0.1, -0.05) is 78.3 Å². The maximum atomic E-state index is 11.6. The maximum Gasteiger partial charge on any atom is 0.220 e. The number of nitriles is 2. The third kappa shape index (κ3) is 11.0. The molecule has 0 bridgehead atoms. The largest absolute Gasteiger partial charge is 0.478 e. The molecule has 12 nitrogen and oxygen atoms in total. The molecule has 57 heavy (non-hydrogen) atoms. The fraction of sp³-hybridized carbons (Fsp3) is 0.372. The van der Waals surface area contributed by atoms with Crippen molar-refractivity contribution in [2.24, 2.45) is 4.99 Å². The molecule has 2 aliphatic heterocycles. The number of ether oxygens (including phenoxy) is 3. The Labute approximate surface area is 342 Å². The van der Waals surface area contributed by atoms with E-state index in [1.54, 1.807) is 6.08 Å². The van der Waals surface area contributed by atoms with Crippen LogP contribution >= 0.6 is 23.2 Å². The fourth-order valence-electron chi connectivity index (χ4n) is 7.44. The first-order valence-electron chi connectivity index (χ1n) is 19.0. The van der Waals surface area contributed by atoms with Crippen LogP contribution in [0, 0.1) is 22.7 Å². The number of halogens is 2. The lowest BCUT2D eigenvalue weighted by atomic mass is 9.93. The van der Waals surface area contributed by atoms with Crippen LogP contribution in [0.2, 0.25) is 5.02 Å². The molecule has 0 unspecified atom stereocenters. The molecule has 14 heteroatoms. The summed E-state index contributed by atoms with van der Waals surface area (Å²) in [5, 5.41) is 32.0. The third-order valence-corrected chi connectivity index (χ3v) is 10.6. The molecule has 0 radical (unpaired) electrons. The lowest BCUT2D eigenvalue weighted by molar-refractivity contribution is -0.120. The van der Waals surface area contributed by atoms with E-state index < -0.39 is 0 Å². The van der Waals surface area contributed by atoms with E-state index in [2.05, 4.69) is 51.0 Å². The number of nitrogens with one attached hydrogen (secondary N) is 4. The van der Waals surface area contributed by atoms with E-state index in [-0.39, 0.29) is 60.9 Å². The van der Waals surface area contributed by atoms with Gasteiger partial charge >= 0.3 is 0 Å². The van der Waals surface area contributed by atoms with Gasteiger partial charge in [0.15, 0.2) is 13.2 Å². The number of nitrogens with zero attached hydrogens (tertiary/aromatic N) is 3. The number of carbonyl (C=O) groups is 2.